The zero-order valence-corrected chi connectivity index (χ0v) is 8.58. The molecule has 0 aliphatic carbocycles. The van der Waals surface area contributed by atoms with Gasteiger partial charge < -0.3 is 10.8 Å². The minimum absolute atomic E-state index is 0.154. The van der Waals surface area contributed by atoms with Gasteiger partial charge in [-0.3, -0.25) is 4.79 Å². The van der Waals surface area contributed by atoms with Crippen molar-refractivity contribution in [3.63, 3.8) is 0 Å². The van der Waals surface area contributed by atoms with Crippen molar-refractivity contribution in [3.05, 3.63) is 33.8 Å². The Hall–Kier alpha value is -1.57. The monoisotopic (exact) mass is 224 g/mol. The van der Waals surface area contributed by atoms with Gasteiger partial charge in [0.05, 0.1) is 17.0 Å². The van der Waals surface area contributed by atoms with Crippen LogP contribution in [0.3, 0.4) is 0 Å². The highest BCUT2D eigenvalue weighted by atomic mass is 35.5. The molecule has 78 valence electrons. The lowest BCUT2D eigenvalue weighted by atomic mass is 10.0. The van der Waals surface area contributed by atoms with Gasteiger partial charge in [0.25, 0.3) is 0 Å². The number of halogens is 1. The van der Waals surface area contributed by atoms with Gasteiger partial charge in [-0.25, -0.2) is 0 Å². The van der Waals surface area contributed by atoms with Crippen LogP contribution in [0, 0.1) is 11.3 Å². The Morgan fingerprint density at radius 2 is 2.20 bits per heavy atom. The largest absolute Gasteiger partial charge is 0.481 e. The normalized spacial score (nSPS) is 9.67. The molecule has 1 rings (SSSR count). The Bertz CT molecular complexity index is 438. The van der Waals surface area contributed by atoms with Crippen molar-refractivity contribution in [1.82, 2.24) is 0 Å². The van der Waals surface area contributed by atoms with E-state index in [4.69, 9.17) is 27.7 Å². The molecule has 0 amide bonds. The summed E-state index contributed by atoms with van der Waals surface area (Å²) in [5.41, 5.74) is 6.91. The summed E-state index contributed by atoms with van der Waals surface area (Å²) >= 11 is 5.79. The molecule has 0 unspecified atom stereocenters. The first-order chi connectivity index (χ1) is 7.08. The number of nitrogens with two attached hydrogens (primary N) is 1. The van der Waals surface area contributed by atoms with Gasteiger partial charge in [-0.1, -0.05) is 11.6 Å². The molecule has 0 fully saturated rings. The summed E-state index contributed by atoms with van der Waals surface area (Å²) in [4.78, 5) is 10.6. The number of hydrogen-bond donors (Lipinski definition) is 2. The summed E-state index contributed by atoms with van der Waals surface area (Å²) in [6.07, 6.45) is -0.154. The first kappa shape index (κ1) is 11.5. The number of carbonyl (C=O) groups is 1. The number of nitriles is 1. The Labute approximate surface area is 91.9 Å². The number of hydrogen-bond acceptors (Lipinski definition) is 3. The summed E-state index contributed by atoms with van der Waals surface area (Å²) in [5, 5.41) is 17.7. The Kier molecular flexibility index (Phi) is 3.67. The number of benzene rings is 1. The Morgan fingerprint density at radius 3 is 2.67 bits per heavy atom. The third-order valence-electron chi connectivity index (χ3n) is 1.97. The average Bonchev–Trinajstić information content (AvgIpc) is 2.19. The number of rotatable bonds is 3. The smallest absolute Gasteiger partial charge is 0.307 e. The second-order valence-electron chi connectivity index (χ2n) is 2.99. The van der Waals surface area contributed by atoms with E-state index in [2.05, 4.69) is 0 Å². The van der Waals surface area contributed by atoms with Crippen molar-refractivity contribution < 1.29 is 9.90 Å². The second kappa shape index (κ2) is 4.78. The minimum Gasteiger partial charge on any atom is -0.481 e. The van der Waals surface area contributed by atoms with Crippen LogP contribution in [0.4, 0.5) is 0 Å². The summed E-state index contributed by atoms with van der Waals surface area (Å²) in [7, 11) is 0. The van der Waals surface area contributed by atoms with Gasteiger partial charge in [0.15, 0.2) is 0 Å². The van der Waals surface area contributed by atoms with Crippen LogP contribution < -0.4 is 5.73 Å². The highest BCUT2D eigenvalue weighted by Crippen LogP contribution is 2.21. The summed E-state index contributed by atoms with van der Waals surface area (Å²) in [5.74, 6) is -0.962. The quantitative estimate of drug-likeness (QED) is 0.810. The van der Waals surface area contributed by atoms with E-state index in [9.17, 15) is 4.79 Å². The maximum atomic E-state index is 10.6. The van der Waals surface area contributed by atoms with Crippen LogP contribution in [0.5, 0.6) is 0 Å². The fourth-order valence-electron chi connectivity index (χ4n) is 1.26. The molecule has 5 heteroatoms. The molecule has 15 heavy (non-hydrogen) atoms. The molecule has 0 saturated carbocycles. The molecule has 1 aromatic rings. The molecule has 0 bridgehead atoms. The number of nitrogens with zero attached hydrogens (tertiary/aromatic N) is 1. The van der Waals surface area contributed by atoms with Gasteiger partial charge in [-0.05, 0) is 23.3 Å². The predicted molar refractivity (Wildman–Crippen MR) is 55.4 cm³/mol. The molecule has 0 heterocycles. The molecule has 0 radical (unpaired) electrons. The molecule has 0 saturated heterocycles. The van der Waals surface area contributed by atoms with Crippen LogP contribution in [0.1, 0.15) is 16.7 Å². The predicted octanol–water partition coefficient (Wildman–Crippen LogP) is 1.30. The molecule has 0 aliphatic rings. The van der Waals surface area contributed by atoms with Crippen LogP contribution >= 0.6 is 11.6 Å². The van der Waals surface area contributed by atoms with Crippen LogP contribution in [-0.2, 0) is 17.8 Å². The van der Waals surface area contributed by atoms with Gasteiger partial charge in [0.1, 0.15) is 6.07 Å². The molecular formula is C10H9ClN2O2. The maximum Gasteiger partial charge on any atom is 0.307 e. The van der Waals surface area contributed by atoms with E-state index in [0.717, 1.165) is 0 Å². The molecule has 3 N–H and O–H groups in total. The van der Waals surface area contributed by atoms with Gasteiger partial charge in [0.2, 0.25) is 0 Å². The van der Waals surface area contributed by atoms with E-state index in [1.54, 1.807) is 6.07 Å². The molecule has 4 nitrogen and oxygen atoms in total. The van der Waals surface area contributed by atoms with E-state index in [-0.39, 0.29) is 18.5 Å². The highest BCUT2D eigenvalue weighted by molar-refractivity contribution is 6.31. The van der Waals surface area contributed by atoms with Crippen LogP contribution in [0.15, 0.2) is 12.1 Å². The summed E-state index contributed by atoms with van der Waals surface area (Å²) in [6, 6.07) is 4.91. The van der Waals surface area contributed by atoms with E-state index in [0.29, 0.717) is 16.1 Å². The molecular weight excluding hydrogens is 216 g/mol. The lowest BCUT2D eigenvalue weighted by molar-refractivity contribution is -0.136. The van der Waals surface area contributed by atoms with E-state index >= 15 is 0 Å². The van der Waals surface area contributed by atoms with E-state index in [1.807, 2.05) is 6.07 Å². The van der Waals surface area contributed by atoms with Gasteiger partial charge >= 0.3 is 5.97 Å². The first-order valence-corrected chi connectivity index (χ1v) is 4.59. The zero-order valence-electron chi connectivity index (χ0n) is 7.83. The lowest BCUT2D eigenvalue weighted by Gasteiger charge is -2.07. The molecule has 0 atom stereocenters. The highest BCUT2D eigenvalue weighted by Gasteiger charge is 2.10. The molecule has 0 spiro atoms. The topological polar surface area (TPSA) is 87.1 Å². The van der Waals surface area contributed by atoms with Gasteiger partial charge in [0, 0.05) is 6.54 Å². The number of aliphatic carboxylic acids is 1. The SMILES string of the molecule is N#Cc1cc(CC(=O)O)c(CN)cc1Cl. The molecule has 0 aromatic heterocycles. The van der Waals surface area contributed by atoms with Crippen molar-refractivity contribution in [2.24, 2.45) is 5.73 Å². The van der Waals surface area contributed by atoms with E-state index < -0.39 is 5.97 Å². The first-order valence-electron chi connectivity index (χ1n) is 4.21. The summed E-state index contributed by atoms with van der Waals surface area (Å²) in [6.45, 7) is 0.202. The van der Waals surface area contributed by atoms with Crippen molar-refractivity contribution in [2.45, 2.75) is 13.0 Å². The van der Waals surface area contributed by atoms with Crippen LogP contribution in [0.25, 0.3) is 0 Å². The van der Waals surface area contributed by atoms with Crippen molar-refractivity contribution in [1.29, 1.82) is 5.26 Å². The van der Waals surface area contributed by atoms with Crippen LogP contribution in [0.2, 0.25) is 5.02 Å². The molecule has 0 aliphatic heterocycles. The van der Waals surface area contributed by atoms with Crippen molar-refractivity contribution in [3.8, 4) is 6.07 Å². The van der Waals surface area contributed by atoms with Crippen molar-refractivity contribution in [2.75, 3.05) is 0 Å². The average molecular weight is 225 g/mol. The summed E-state index contributed by atoms with van der Waals surface area (Å²) < 4.78 is 0. The fraction of sp³-hybridized carbons (Fsp3) is 0.200. The van der Waals surface area contributed by atoms with E-state index in [1.165, 1.54) is 6.07 Å². The lowest BCUT2D eigenvalue weighted by Crippen LogP contribution is -2.07. The number of carboxylic acid groups (broad SMARTS) is 1. The Balaban J connectivity index is 3.23. The number of carboxylic acids is 1. The molecule has 1 aromatic carbocycles. The minimum atomic E-state index is -0.962. The standard InChI is InChI=1S/C10H9ClN2O2/c11-9-2-7(4-12)6(3-10(14)15)1-8(9)5-13/h1-2H,3-4,12H2,(H,14,15). The van der Waals surface area contributed by atoms with Gasteiger partial charge in [-0.2, -0.15) is 5.26 Å². The third kappa shape index (κ3) is 2.69. The van der Waals surface area contributed by atoms with Gasteiger partial charge in [-0.15, -0.1) is 0 Å². The van der Waals surface area contributed by atoms with Crippen molar-refractivity contribution >= 4 is 17.6 Å². The zero-order chi connectivity index (χ0) is 11.4. The fourth-order valence-corrected chi connectivity index (χ4v) is 1.49. The Morgan fingerprint density at radius 1 is 1.53 bits per heavy atom. The third-order valence-corrected chi connectivity index (χ3v) is 2.28. The van der Waals surface area contributed by atoms with Crippen LogP contribution in [-0.4, -0.2) is 11.1 Å². The maximum absolute atomic E-state index is 10.6. The second-order valence-corrected chi connectivity index (χ2v) is 3.39.